The topological polar surface area (TPSA) is 57.7 Å². The van der Waals surface area contributed by atoms with E-state index in [1.54, 1.807) is 18.2 Å². The fourth-order valence-corrected chi connectivity index (χ4v) is 3.69. The van der Waals surface area contributed by atoms with E-state index in [0.717, 1.165) is 0 Å². The quantitative estimate of drug-likeness (QED) is 0.560. The first kappa shape index (κ1) is 17.9. The van der Waals surface area contributed by atoms with Gasteiger partial charge in [-0.25, -0.2) is 8.42 Å². The van der Waals surface area contributed by atoms with Crippen molar-refractivity contribution in [2.45, 2.75) is 8.69 Å². The zero-order chi connectivity index (χ0) is 16.5. The normalized spacial score (nSPS) is 16.7. The Kier molecular flexibility index (Phi) is 5.39. The standard InChI is InChI=1S/C12H12Cl4N2O3S/c13-12(14,15)11(19)18-7-5-17(6-8-18)9-3-1-2-4-10(9)22(16,20)21/h1-4H,5-8H2. The number of carbonyl (C=O) groups excluding carboxylic acids is 1. The molecular formula is C12H12Cl4N2O3S. The van der Waals surface area contributed by atoms with Crippen LogP contribution in [0.2, 0.25) is 0 Å². The van der Waals surface area contributed by atoms with E-state index in [9.17, 15) is 13.2 Å². The van der Waals surface area contributed by atoms with Gasteiger partial charge in [0.25, 0.3) is 18.8 Å². The minimum atomic E-state index is -3.85. The van der Waals surface area contributed by atoms with Crippen LogP contribution in [0.1, 0.15) is 0 Å². The third-order valence-corrected chi connectivity index (χ3v) is 5.13. The Bertz CT molecular complexity index is 667. The summed E-state index contributed by atoms with van der Waals surface area (Å²) in [4.78, 5) is 15.2. The maximum Gasteiger partial charge on any atom is 0.274 e. The zero-order valence-electron chi connectivity index (χ0n) is 11.2. The first-order valence-electron chi connectivity index (χ1n) is 6.25. The number of benzene rings is 1. The molecular weight excluding hydrogens is 394 g/mol. The van der Waals surface area contributed by atoms with Gasteiger partial charge in [0.2, 0.25) is 0 Å². The highest BCUT2D eigenvalue weighted by molar-refractivity contribution is 8.13. The van der Waals surface area contributed by atoms with E-state index in [1.165, 1.54) is 11.0 Å². The number of para-hydroxylation sites is 1. The summed E-state index contributed by atoms with van der Waals surface area (Å²) in [6.07, 6.45) is 0. The Morgan fingerprint density at radius 1 is 1.05 bits per heavy atom. The maximum absolute atomic E-state index is 11.9. The second-order valence-corrected chi connectivity index (χ2v) is 9.50. The predicted octanol–water partition coefficient (Wildman–Crippen LogP) is 2.63. The molecule has 10 heteroatoms. The summed E-state index contributed by atoms with van der Waals surface area (Å²) in [6, 6.07) is 6.43. The molecule has 2 rings (SSSR count). The highest BCUT2D eigenvalue weighted by atomic mass is 35.7. The molecule has 0 N–H and O–H groups in total. The summed E-state index contributed by atoms with van der Waals surface area (Å²) >= 11 is 16.8. The molecule has 0 unspecified atom stereocenters. The Morgan fingerprint density at radius 2 is 1.59 bits per heavy atom. The number of piperazine rings is 1. The van der Waals surface area contributed by atoms with Crippen molar-refractivity contribution in [3.8, 4) is 0 Å². The Hall–Kier alpha value is -0.400. The summed E-state index contributed by atoms with van der Waals surface area (Å²) in [5.41, 5.74) is 0.499. The van der Waals surface area contributed by atoms with Gasteiger partial charge in [0.05, 0.1) is 5.69 Å². The van der Waals surface area contributed by atoms with Crippen molar-refractivity contribution >= 4 is 66.1 Å². The lowest BCUT2D eigenvalue weighted by Crippen LogP contribution is -2.52. The first-order valence-corrected chi connectivity index (χ1v) is 9.70. The number of carbonyl (C=O) groups is 1. The molecule has 5 nitrogen and oxygen atoms in total. The lowest BCUT2D eigenvalue weighted by molar-refractivity contribution is -0.130. The van der Waals surface area contributed by atoms with E-state index < -0.39 is 18.8 Å². The van der Waals surface area contributed by atoms with E-state index in [2.05, 4.69) is 0 Å². The number of nitrogens with zero attached hydrogens (tertiary/aromatic N) is 2. The molecule has 1 aliphatic heterocycles. The molecule has 0 aromatic heterocycles. The second-order valence-electron chi connectivity index (χ2n) is 4.68. The molecule has 0 spiro atoms. The molecule has 1 aromatic rings. The smallest absolute Gasteiger partial charge is 0.274 e. The molecule has 0 aliphatic carbocycles. The van der Waals surface area contributed by atoms with Crippen LogP contribution in [0, 0.1) is 0 Å². The minimum absolute atomic E-state index is 0.0396. The minimum Gasteiger partial charge on any atom is -0.367 e. The third-order valence-electron chi connectivity index (χ3n) is 3.28. The predicted molar refractivity (Wildman–Crippen MR) is 88.6 cm³/mol. The van der Waals surface area contributed by atoms with Gasteiger partial charge in [-0.3, -0.25) is 4.79 Å². The molecule has 1 aliphatic rings. The number of halogens is 4. The second kappa shape index (κ2) is 6.61. The summed E-state index contributed by atoms with van der Waals surface area (Å²) in [6.45, 7) is 1.47. The molecule has 1 heterocycles. The van der Waals surface area contributed by atoms with Gasteiger partial charge >= 0.3 is 0 Å². The maximum atomic E-state index is 11.9. The van der Waals surface area contributed by atoms with Crippen LogP contribution < -0.4 is 4.90 Å². The van der Waals surface area contributed by atoms with Crippen LogP contribution in [-0.2, 0) is 13.8 Å². The average molecular weight is 406 g/mol. The van der Waals surface area contributed by atoms with E-state index in [-0.39, 0.29) is 4.90 Å². The Morgan fingerprint density at radius 3 is 2.09 bits per heavy atom. The lowest BCUT2D eigenvalue weighted by Gasteiger charge is -2.37. The van der Waals surface area contributed by atoms with Gasteiger partial charge in [0, 0.05) is 36.9 Å². The van der Waals surface area contributed by atoms with E-state index in [4.69, 9.17) is 45.5 Å². The number of anilines is 1. The van der Waals surface area contributed by atoms with Crippen LogP contribution in [0.4, 0.5) is 5.69 Å². The summed E-state index contributed by atoms with van der Waals surface area (Å²) < 4.78 is 21.3. The zero-order valence-corrected chi connectivity index (χ0v) is 15.0. The number of amides is 1. The van der Waals surface area contributed by atoms with Gasteiger partial charge < -0.3 is 9.80 Å². The SMILES string of the molecule is O=C(N1CCN(c2ccccc2S(=O)(=O)Cl)CC1)C(Cl)(Cl)Cl. The fourth-order valence-electron chi connectivity index (χ4n) is 2.25. The van der Waals surface area contributed by atoms with Crippen molar-refractivity contribution < 1.29 is 13.2 Å². The lowest BCUT2D eigenvalue weighted by atomic mass is 10.2. The van der Waals surface area contributed by atoms with Crippen molar-refractivity contribution in [2.75, 3.05) is 31.1 Å². The van der Waals surface area contributed by atoms with E-state index in [0.29, 0.717) is 31.9 Å². The van der Waals surface area contributed by atoms with Crippen LogP contribution in [0.3, 0.4) is 0 Å². The molecule has 122 valence electrons. The van der Waals surface area contributed by atoms with Gasteiger partial charge in [0.15, 0.2) is 0 Å². The summed E-state index contributed by atoms with van der Waals surface area (Å²) in [7, 11) is 1.60. The van der Waals surface area contributed by atoms with Crippen molar-refractivity contribution in [3.63, 3.8) is 0 Å². The van der Waals surface area contributed by atoms with Gasteiger partial charge in [-0.05, 0) is 12.1 Å². The molecule has 1 amide bonds. The van der Waals surface area contributed by atoms with Gasteiger partial charge in [-0.2, -0.15) is 0 Å². The van der Waals surface area contributed by atoms with E-state index in [1.807, 2.05) is 4.90 Å². The molecule has 0 saturated carbocycles. The monoisotopic (exact) mass is 404 g/mol. The van der Waals surface area contributed by atoms with Crippen LogP contribution in [0.5, 0.6) is 0 Å². The van der Waals surface area contributed by atoms with Gasteiger partial charge in [-0.15, -0.1) is 0 Å². The van der Waals surface area contributed by atoms with Gasteiger partial charge in [-0.1, -0.05) is 46.9 Å². The van der Waals surface area contributed by atoms with Crippen molar-refractivity contribution in [1.29, 1.82) is 0 Å². The Labute approximate surface area is 148 Å². The molecule has 0 atom stereocenters. The van der Waals surface area contributed by atoms with Crippen LogP contribution in [-0.4, -0.2) is 49.2 Å². The fraction of sp³-hybridized carbons (Fsp3) is 0.417. The molecule has 0 radical (unpaired) electrons. The van der Waals surface area contributed by atoms with Crippen LogP contribution >= 0.6 is 45.5 Å². The van der Waals surface area contributed by atoms with Crippen LogP contribution in [0.15, 0.2) is 29.2 Å². The number of hydrogen-bond donors (Lipinski definition) is 0. The highest BCUT2D eigenvalue weighted by Crippen LogP contribution is 2.31. The molecule has 1 saturated heterocycles. The van der Waals surface area contributed by atoms with Crippen molar-refractivity contribution in [1.82, 2.24) is 4.90 Å². The summed E-state index contributed by atoms with van der Waals surface area (Å²) in [5.74, 6) is -0.588. The molecule has 1 aromatic carbocycles. The van der Waals surface area contributed by atoms with Gasteiger partial charge in [0.1, 0.15) is 4.90 Å². The Balaban J connectivity index is 2.15. The average Bonchev–Trinajstić information content (AvgIpc) is 2.45. The van der Waals surface area contributed by atoms with Crippen molar-refractivity contribution in [2.24, 2.45) is 0 Å². The van der Waals surface area contributed by atoms with E-state index >= 15 is 0 Å². The number of rotatable bonds is 2. The molecule has 1 fully saturated rings. The van der Waals surface area contributed by atoms with Crippen LogP contribution in [0.25, 0.3) is 0 Å². The third kappa shape index (κ3) is 4.11. The molecule has 0 bridgehead atoms. The molecule has 22 heavy (non-hydrogen) atoms. The largest absolute Gasteiger partial charge is 0.367 e. The highest BCUT2D eigenvalue weighted by Gasteiger charge is 2.36. The number of alkyl halides is 3. The summed E-state index contributed by atoms with van der Waals surface area (Å²) in [5, 5.41) is 0. The number of hydrogen-bond acceptors (Lipinski definition) is 4. The van der Waals surface area contributed by atoms with Crippen molar-refractivity contribution in [3.05, 3.63) is 24.3 Å². The first-order chi connectivity index (χ1) is 10.1.